The van der Waals surface area contributed by atoms with Gasteiger partial charge in [0, 0.05) is 37.9 Å². The molecule has 2 unspecified atom stereocenters. The van der Waals surface area contributed by atoms with Gasteiger partial charge in [0.05, 0.1) is 0 Å². The van der Waals surface area contributed by atoms with Crippen molar-refractivity contribution in [3.63, 3.8) is 0 Å². The lowest BCUT2D eigenvalue weighted by Gasteiger charge is -2.19. The highest BCUT2D eigenvalue weighted by molar-refractivity contribution is 5.76. The second kappa shape index (κ2) is 6.04. The highest BCUT2D eigenvalue weighted by Gasteiger charge is 2.27. The monoisotopic (exact) mass is 281 g/mol. The van der Waals surface area contributed by atoms with E-state index in [1.165, 1.54) is 23.9 Å². The smallest absolute Gasteiger partial charge is 0.331 e. The second-order valence-electron chi connectivity index (χ2n) is 5.17. The summed E-state index contributed by atoms with van der Waals surface area (Å²) in [5.74, 6) is -0.188. The molecule has 1 aliphatic carbocycles. The maximum atomic E-state index is 11.9. The SMILES string of the molecule is Cn1c(=O)ccn(CC(=O)NC2CCCC2CO)c1=O. The van der Waals surface area contributed by atoms with E-state index in [0.717, 1.165) is 23.8 Å². The van der Waals surface area contributed by atoms with Crippen LogP contribution in [0.15, 0.2) is 21.9 Å². The molecule has 1 aromatic heterocycles. The van der Waals surface area contributed by atoms with Crippen LogP contribution in [0, 0.1) is 5.92 Å². The van der Waals surface area contributed by atoms with Crippen molar-refractivity contribution in [2.45, 2.75) is 31.8 Å². The fourth-order valence-corrected chi connectivity index (χ4v) is 2.59. The Balaban J connectivity index is 2.04. The van der Waals surface area contributed by atoms with Crippen LogP contribution in [0.25, 0.3) is 0 Å². The number of amides is 1. The second-order valence-corrected chi connectivity index (χ2v) is 5.17. The Labute approximate surface area is 115 Å². The van der Waals surface area contributed by atoms with E-state index in [1.54, 1.807) is 0 Å². The fraction of sp³-hybridized carbons (Fsp3) is 0.615. The van der Waals surface area contributed by atoms with Crippen molar-refractivity contribution in [2.24, 2.45) is 13.0 Å². The molecule has 2 N–H and O–H groups in total. The Morgan fingerprint density at radius 2 is 2.20 bits per heavy atom. The van der Waals surface area contributed by atoms with Crippen LogP contribution in [-0.2, 0) is 18.4 Å². The van der Waals surface area contributed by atoms with E-state index in [4.69, 9.17) is 0 Å². The zero-order valence-electron chi connectivity index (χ0n) is 11.4. The molecule has 1 fully saturated rings. The number of carbonyl (C=O) groups excluding carboxylic acids is 1. The Morgan fingerprint density at radius 3 is 2.90 bits per heavy atom. The standard InChI is InChI=1S/C13H19N3O4/c1-15-12(19)5-6-16(13(15)20)7-11(18)14-10-4-2-3-9(10)8-17/h5-6,9-10,17H,2-4,7-8H2,1H3,(H,14,18). The van der Waals surface area contributed by atoms with Gasteiger partial charge in [-0.15, -0.1) is 0 Å². The molecule has 1 amide bonds. The third kappa shape index (κ3) is 2.98. The third-order valence-corrected chi connectivity index (χ3v) is 3.81. The molecule has 0 spiro atoms. The average Bonchev–Trinajstić information content (AvgIpc) is 2.86. The molecule has 1 aliphatic rings. The van der Waals surface area contributed by atoms with Gasteiger partial charge in [0.2, 0.25) is 5.91 Å². The van der Waals surface area contributed by atoms with Crippen LogP contribution in [0.1, 0.15) is 19.3 Å². The van der Waals surface area contributed by atoms with Crippen molar-refractivity contribution in [1.82, 2.24) is 14.5 Å². The van der Waals surface area contributed by atoms with Gasteiger partial charge in [-0.25, -0.2) is 4.79 Å². The van der Waals surface area contributed by atoms with Gasteiger partial charge in [-0.3, -0.25) is 18.7 Å². The molecule has 110 valence electrons. The molecule has 7 heteroatoms. The van der Waals surface area contributed by atoms with E-state index in [0.29, 0.717) is 0 Å². The molecule has 1 heterocycles. The first kappa shape index (κ1) is 14.5. The maximum absolute atomic E-state index is 11.9. The predicted molar refractivity (Wildman–Crippen MR) is 72.3 cm³/mol. The molecule has 2 atom stereocenters. The average molecular weight is 281 g/mol. The molecule has 0 bridgehead atoms. The maximum Gasteiger partial charge on any atom is 0.331 e. The first-order chi connectivity index (χ1) is 9.52. The van der Waals surface area contributed by atoms with Gasteiger partial charge in [0.15, 0.2) is 0 Å². The molecular formula is C13H19N3O4. The summed E-state index contributed by atoms with van der Waals surface area (Å²) in [6.07, 6.45) is 4.05. The number of aliphatic hydroxyl groups excluding tert-OH is 1. The van der Waals surface area contributed by atoms with Crippen LogP contribution in [0.3, 0.4) is 0 Å². The summed E-state index contributed by atoms with van der Waals surface area (Å²) in [5, 5.41) is 12.0. The largest absolute Gasteiger partial charge is 0.396 e. The lowest BCUT2D eigenvalue weighted by Crippen LogP contribution is -2.44. The number of nitrogens with one attached hydrogen (secondary N) is 1. The van der Waals surface area contributed by atoms with E-state index >= 15 is 0 Å². The molecule has 0 aromatic carbocycles. The minimum atomic E-state index is -0.516. The molecule has 0 aliphatic heterocycles. The molecule has 0 saturated heterocycles. The zero-order chi connectivity index (χ0) is 14.7. The summed E-state index contributed by atoms with van der Waals surface area (Å²) in [6, 6.07) is 1.22. The zero-order valence-corrected chi connectivity index (χ0v) is 11.4. The number of nitrogens with zero attached hydrogens (tertiary/aromatic N) is 2. The van der Waals surface area contributed by atoms with E-state index in [2.05, 4.69) is 5.32 Å². The first-order valence-electron chi connectivity index (χ1n) is 6.69. The van der Waals surface area contributed by atoms with Gasteiger partial charge in [-0.05, 0) is 12.8 Å². The third-order valence-electron chi connectivity index (χ3n) is 3.81. The molecule has 1 aromatic rings. The van der Waals surface area contributed by atoms with E-state index in [9.17, 15) is 19.5 Å². The number of carbonyl (C=O) groups is 1. The van der Waals surface area contributed by atoms with Crippen molar-refractivity contribution >= 4 is 5.91 Å². The lowest BCUT2D eigenvalue weighted by molar-refractivity contribution is -0.122. The van der Waals surface area contributed by atoms with Gasteiger partial charge in [0.1, 0.15) is 6.54 Å². The molecule has 1 saturated carbocycles. The minimum absolute atomic E-state index is 0.0317. The lowest BCUT2D eigenvalue weighted by atomic mass is 10.1. The highest BCUT2D eigenvalue weighted by Crippen LogP contribution is 2.24. The van der Waals surface area contributed by atoms with Crippen LogP contribution >= 0.6 is 0 Å². The van der Waals surface area contributed by atoms with Crippen molar-refractivity contribution < 1.29 is 9.90 Å². The number of aromatic nitrogens is 2. The molecule has 7 nitrogen and oxygen atoms in total. The Hall–Kier alpha value is -1.89. The highest BCUT2D eigenvalue weighted by atomic mass is 16.3. The summed E-state index contributed by atoms with van der Waals surface area (Å²) in [6.45, 7) is -0.0632. The Bertz CT molecular complexity index is 604. The van der Waals surface area contributed by atoms with Crippen LogP contribution in [0.4, 0.5) is 0 Å². The number of hydrogen-bond acceptors (Lipinski definition) is 4. The van der Waals surface area contributed by atoms with Crippen LogP contribution < -0.4 is 16.6 Å². The quantitative estimate of drug-likeness (QED) is 0.727. The Morgan fingerprint density at radius 1 is 1.45 bits per heavy atom. The summed E-state index contributed by atoms with van der Waals surface area (Å²) in [4.78, 5) is 35.0. The molecule has 2 rings (SSSR count). The summed E-state index contributed by atoms with van der Waals surface area (Å²) >= 11 is 0. The van der Waals surface area contributed by atoms with Gasteiger partial charge in [-0.1, -0.05) is 6.42 Å². The number of aliphatic hydroxyl groups is 1. The minimum Gasteiger partial charge on any atom is -0.396 e. The molecule has 20 heavy (non-hydrogen) atoms. The topological polar surface area (TPSA) is 93.3 Å². The van der Waals surface area contributed by atoms with E-state index in [-0.39, 0.29) is 31.0 Å². The predicted octanol–water partition coefficient (Wildman–Crippen LogP) is -1.18. The van der Waals surface area contributed by atoms with Gasteiger partial charge < -0.3 is 10.4 Å². The van der Waals surface area contributed by atoms with E-state index in [1.807, 2.05) is 0 Å². The summed E-state index contributed by atoms with van der Waals surface area (Å²) in [7, 11) is 1.37. The van der Waals surface area contributed by atoms with Crippen LogP contribution in [0.5, 0.6) is 0 Å². The summed E-state index contributed by atoms with van der Waals surface area (Å²) in [5.41, 5.74) is -0.916. The normalized spacial score (nSPS) is 21.9. The van der Waals surface area contributed by atoms with E-state index < -0.39 is 11.2 Å². The van der Waals surface area contributed by atoms with Crippen molar-refractivity contribution in [2.75, 3.05) is 6.61 Å². The van der Waals surface area contributed by atoms with Crippen molar-refractivity contribution in [3.05, 3.63) is 33.1 Å². The van der Waals surface area contributed by atoms with Crippen LogP contribution in [-0.4, -0.2) is 32.8 Å². The molecular weight excluding hydrogens is 262 g/mol. The number of rotatable bonds is 4. The Kier molecular flexibility index (Phi) is 4.39. The first-order valence-corrected chi connectivity index (χ1v) is 6.69. The summed E-state index contributed by atoms with van der Waals surface area (Å²) < 4.78 is 2.15. The van der Waals surface area contributed by atoms with Crippen LogP contribution in [0.2, 0.25) is 0 Å². The van der Waals surface area contributed by atoms with Gasteiger partial charge in [0.25, 0.3) is 5.56 Å². The fourth-order valence-electron chi connectivity index (χ4n) is 2.59. The van der Waals surface area contributed by atoms with Crippen molar-refractivity contribution in [1.29, 1.82) is 0 Å². The number of hydrogen-bond donors (Lipinski definition) is 2. The van der Waals surface area contributed by atoms with Crippen molar-refractivity contribution in [3.8, 4) is 0 Å². The molecule has 0 radical (unpaired) electrons. The van der Waals surface area contributed by atoms with Gasteiger partial charge in [-0.2, -0.15) is 0 Å². The van der Waals surface area contributed by atoms with Gasteiger partial charge >= 0.3 is 5.69 Å².